The van der Waals surface area contributed by atoms with Crippen molar-refractivity contribution in [3.63, 3.8) is 0 Å². The summed E-state index contributed by atoms with van der Waals surface area (Å²) in [6.07, 6.45) is 1.97. The van der Waals surface area contributed by atoms with E-state index in [0.29, 0.717) is 0 Å². The average Bonchev–Trinajstić information content (AvgIpc) is 2.44. The third-order valence-electron chi connectivity index (χ3n) is 3.44. The third kappa shape index (κ3) is 2.62. The van der Waals surface area contributed by atoms with E-state index >= 15 is 0 Å². The van der Waals surface area contributed by atoms with Gasteiger partial charge < -0.3 is 9.88 Å². The molecule has 0 fully saturated rings. The van der Waals surface area contributed by atoms with Crippen LogP contribution in [0, 0.1) is 0 Å². The minimum atomic E-state index is 0.0995. The van der Waals surface area contributed by atoms with Gasteiger partial charge in [0.25, 0.3) is 0 Å². The molecule has 1 N–H and O–H groups in total. The Morgan fingerprint density at radius 2 is 1.85 bits per heavy atom. The molecule has 0 spiro atoms. The standard InChI is InChI=1S/C17H22N2O/c1-5-19(6-2)17-14(11-12(3)4)16(20)13-9-7-8-10-15(13)18-17/h7-11H,5-6H2,1-4H3,(H,18,20). The number of benzene rings is 1. The number of aromatic nitrogens is 1. The van der Waals surface area contributed by atoms with E-state index in [4.69, 9.17) is 0 Å². The first kappa shape index (κ1) is 14.4. The number of H-pyrrole nitrogens is 1. The van der Waals surface area contributed by atoms with Gasteiger partial charge in [-0.3, -0.25) is 4.79 Å². The molecule has 0 amide bonds. The van der Waals surface area contributed by atoms with Crippen molar-refractivity contribution in [3.8, 4) is 0 Å². The summed E-state index contributed by atoms with van der Waals surface area (Å²) in [4.78, 5) is 18.3. The van der Waals surface area contributed by atoms with Crippen molar-refractivity contribution in [3.05, 3.63) is 45.6 Å². The van der Waals surface area contributed by atoms with Gasteiger partial charge in [-0.2, -0.15) is 0 Å². The van der Waals surface area contributed by atoms with Gasteiger partial charge in [0.1, 0.15) is 5.82 Å². The molecule has 20 heavy (non-hydrogen) atoms. The van der Waals surface area contributed by atoms with Crippen LogP contribution in [0.15, 0.2) is 34.6 Å². The van der Waals surface area contributed by atoms with Crippen LogP contribution in [0.25, 0.3) is 17.0 Å². The maximum Gasteiger partial charge on any atom is 0.198 e. The summed E-state index contributed by atoms with van der Waals surface area (Å²) in [5, 5.41) is 0.746. The molecule has 0 aliphatic carbocycles. The Hall–Kier alpha value is -2.03. The lowest BCUT2D eigenvalue weighted by molar-refractivity contribution is 0.847. The molecule has 0 atom stereocenters. The lowest BCUT2D eigenvalue weighted by atomic mass is 10.1. The molecule has 0 unspecified atom stereocenters. The third-order valence-corrected chi connectivity index (χ3v) is 3.44. The second-order valence-electron chi connectivity index (χ2n) is 5.16. The minimum Gasteiger partial charge on any atom is -0.358 e. The Morgan fingerprint density at radius 3 is 2.45 bits per heavy atom. The maximum atomic E-state index is 12.7. The van der Waals surface area contributed by atoms with E-state index in [1.165, 1.54) is 0 Å². The smallest absolute Gasteiger partial charge is 0.198 e. The number of nitrogens with zero attached hydrogens (tertiary/aromatic N) is 1. The van der Waals surface area contributed by atoms with E-state index in [1.54, 1.807) is 0 Å². The molecule has 0 saturated carbocycles. The number of anilines is 1. The second-order valence-corrected chi connectivity index (χ2v) is 5.16. The Kier molecular flexibility index (Phi) is 4.28. The van der Waals surface area contributed by atoms with Gasteiger partial charge in [-0.15, -0.1) is 0 Å². The number of nitrogens with one attached hydrogen (secondary N) is 1. The van der Waals surface area contributed by atoms with Crippen molar-refractivity contribution in [1.82, 2.24) is 4.98 Å². The van der Waals surface area contributed by atoms with E-state index in [1.807, 2.05) is 44.2 Å². The molecule has 2 aromatic rings. The SMILES string of the molecule is CCN(CC)c1[nH]c2ccccc2c(=O)c1C=C(C)C. The van der Waals surface area contributed by atoms with Crippen molar-refractivity contribution >= 4 is 22.8 Å². The first-order chi connectivity index (χ1) is 9.58. The zero-order valence-electron chi connectivity index (χ0n) is 12.7. The van der Waals surface area contributed by atoms with Crippen LogP contribution in [0.2, 0.25) is 0 Å². The number of hydrogen-bond donors (Lipinski definition) is 1. The summed E-state index contributed by atoms with van der Waals surface area (Å²) in [6, 6.07) is 7.68. The Labute approximate surface area is 119 Å². The number of para-hydroxylation sites is 1. The van der Waals surface area contributed by atoms with Gasteiger partial charge in [-0.05, 0) is 45.9 Å². The highest BCUT2D eigenvalue weighted by atomic mass is 16.1. The van der Waals surface area contributed by atoms with Gasteiger partial charge in [0, 0.05) is 18.5 Å². The summed E-state index contributed by atoms with van der Waals surface area (Å²) in [6.45, 7) is 9.97. The summed E-state index contributed by atoms with van der Waals surface area (Å²) >= 11 is 0. The molecule has 1 aromatic heterocycles. The summed E-state index contributed by atoms with van der Waals surface area (Å²) < 4.78 is 0. The number of hydrogen-bond acceptors (Lipinski definition) is 2. The fourth-order valence-corrected chi connectivity index (χ4v) is 2.45. The number of allylic oxidation sites excluding steroid dienone is 1. The molecule has 2 rings (SSSR count). The molecule has 3 heteroatoms. The van der Waals surface area contributed by atoms with Crippen LogP contribution in [0.3, 0.4) is 0 Å². The van der Waals surface area contributed by atoms with Crippen molar-refractivity contribution in [2.45, 2.75) is 27.7 Å². The van der Waals surface area contributed by atoms with E-state index in [9.17, 15) is 4.79 Å². The Balaban J connectivity index is 2.83. The lowest BCUT2D eigenvalue weighted by Crippen LogP contribution is -2.26. The van der Waals surface area contributed by atoms with E-state index < -0.39 is 0 Å². The van der Waals surface area contributed by atoms with Crippen molar-refractivity contribution in [2.75, 3.05) is 18.0 Å². The average molecular weight is 270 g/mol. The molecule has 1 aromatic carbocycles. The predicted octanol–water partition coefficient (Wildman–Crippen LogP) is 3.80. The number of pyridine rings is 1. The molecule has 1 heterocycles. The molecular weight excluding hydrogens is 248 g/mol. The first-order valence-corrected chi connectivity index (χ1v) is 7.13. The fraction of sp³-hybridized carbons (Fsp3) is 0.353. The van der Waals surface area contributed by atoms with Crippen LogP contribution < -0.4 is 10.3 Å². The zero-order valence-corrected chi connectivity index (χ0v) is 12.7. The minimum absolute atomic E-state index is 0.0995. The normalized spacial score (nSPS) is 10.6. The van der Waals surface area contributed by atoms with Crippen LogP contribution in [0.4, 0.5) is 5.82 Å². The topological polar surface area (TPSA) is 36.1 Å². The Morgan fingerprint density at radius 1 is 1.20 bits per heavy atom. The molecule has 0 radical (unpaired) electrons. The van der Waals surface area contributed by atoms with Crippen molar-refractivity contribution < 1.29 is 0 Å². The number of fused-ring (bicyclic) bond motifs is 1. The van der Waals surface area contributed by atoms with Gasteiger partial charge in [0.15, 0.2) is 5.43 Å². The summed E-state index contributed by atoms with van der Waals surface area (Å²) in [5.74, 6) is 0.917. The van der Waals surface area contributed by atoms with Crippen LogP contribution in [0.1, 0.15) is 33.3 Å². The largest absolute Gasteiger partial charge is 0.358 e. The molecule has 0 bridgehead atoms. The quantitative estimate of drug-likeness (QED) is 0.917. The molecule has 3 nitrogen and oxygen atoms in total. The number of aromatic amines is 1. The van der Waals surface area contributed by atoms with E-state index in [0.717, 1.165) is 40.9 Å². The highest BCUT2D eigenvalue weighted by molar-refractivity contribution is 5.85. The summed E-state index contributed by atoms with van der Waals surface area (Å²) in [5.41, 5.74) is 2.87. The highest BCUT2D eigenvalue weighted by Gasteiger charge is 2.13. The van der Waals surface area contributed by atoms with Gasteiger partial charge in [-0.1, -0.05) is 17.7 Å². The van der Waals surface area contributed by atoms with E-state index in [2.05, 4.69) is 23.7 Å². The summed E-state index contributed by atoms with van der Waals surface area (Å²) in [7, 11) is 0. The molecular formula is C17H22N2O. The van der Waals surface area contributed by atoms with Gasteiger partial charge in [0.05, 0.1) is 11.1 Å². The number of rotatable bonds is 4. The van der Waals surface area contributed by atoms with Gasteiger partial charge in [0.2, 0.25) is 0 Å². The molecule has 0 saturated heterocycles. The molecule has 106 valence electrons. The molecule has 0 aliphatic rings. The zero-order chi connectivity index (χ0) is 14.7. The van der Waals surface area contributed by atoms with Crippen LogP contribution in [0.5, 0.6) is 0 Å². The second kappa shape index (κ2) is 5.95. The lowest BCUT2D eigenvalue weighted by Gasteiger charge is -2.23. The fourth-order valence-electron chi connectivity index (χ4n) is 2.45. The van der Waals surface area contributed by atoms with E-state index in [-0.39, 0.29) is 5.43 Å². The van der Waals surface area contributed by atoms with Crippen molar-refractivity contribution in [2.24, 2.45) is 0 Å². The monoisotopic (exact) mass is 270 g/mol. The highest BCUT2D eigenvalue weighted by Crippen LogP contribution is 2.21. The van der Waals surface area contributed by atoms with Crippen LogP contribution in [-0.2, 0) is 0 Å². The predicted molar refractivity (Wildman–Crippen MR) is 87.5 cm³/mol. The van der Waals surface area contributed by atoms with Crippen molar-refractivity contribution in [1.29, 1.82) is 0 Å². The van der Waals surface area contributed by atoms with Gasteiger partial charge in [-0.25, -0.2) is 0 Å². The Bertz CT molecular complexity index is 690. The van der Waals surface area contributed by atoms with Gasteiger partial charge >= 0.3 is 0 Å². The van der Waals surface area contributed by atoms with Crippen LogP contribution in [-0.4, -0.2) is 18.1 Å². The van der Waals surface area contributed by atoms with Crippen LogP contribution >= 0.6 is 0 Å². The molecule has 0 aliphatic heterocycles. The maximum absolute atomic E-state index is 12.7. The first-order valence-electron chi connectivity index (χ1n) is 7.13.